The van der Waals surface area contributed by atoms with Crippen LogP contribution in [-0.4, -0.2) is 46.6 Å². The number of aromatic hydroxyl groups is 1. The van der Waals surface area contributed by atoms with Crippen molar-refractivity contribution >= 4 is 5.91 Å². The van der Waals surface area contributed by atoms with E-state index in [0.29, 0.717) is 18.5 Å². The maximum absolute atomic E-state index is 13.1. The van der Waals surface area contributed by atoms with Crippen LogP contribution in [0.4, 0.5) is 0 Å². The third-order valence-corrected chi connectivity index (χ3v) is 9.31. The van der Waals surface area contributed by atoms with Gasteiger partial charge in [0.1, 0.15) is 0 Å². The average Bonchev–Trinajstić information content (AvgIpc) is 3.73. The summed E-state index contributed by atoms with van der Waals surface area (Å²) in [4.78, 5) is 19.8. The molecule has 1 unspecified atom stereocenters. The number of likely N-dealkylation sites (tertiary alicyclic amines) is 1. The highest BCUT2D eigenvalue weighted by atomic mass is 16.3. The fourth-order valence-electron chi connectivity index (χ4n) is 6.55. The first-order chi connectivity index (χ1) is 17.9. The van der Waals surface area contributed by atoms with Crippen LogP contribution < -0.4 is 5.32 Å². The minimum atomic E-state index is 0.0131. The SMILES string of the molecule is C[C@H]1C2Cc3ccc(C(=O)NCCc4ccc(-c5ccc(O)nc5)cc4)cc3[C@]1(C)CCN2CC1CC1. The molecule has 192 valence electrons. The lowest BCUT2D eigenvalue weighted by atomic mass is 9.59. The molecule has 6 rings (SSSR count). The van der Waals surface area contributed by atoms with E-state index in [1.165, 1.54) is 49.0 Å². The molecule has 2 bridgehead atoms. The Kier molecular flexibility index (Phi) is 6.28. The molecule has 1 saturated carbocycles. The van der Waals surface area contributed by atoms with Gasteiger partial charge in [-0.15, -0.1) is 0 Å². The molecule has 3 aromatic rings. The van der Waals surface area contributed by atoms with E-state index in [2.05, 4.69) is 65.4 Å². The molecular weight excluding hydrogens is 458 g/mol. The molecule has 3 atom stereocenters. The number of fused-ring (bicyclic) bond motifs is 4. The maximum Gasteiger partial charge on any atom is 0.251 e. The summed E-state index contributed by atoms with van der Waals surface area (Å²) in [6, 6.07) is 18.8. The Balaban J connectivity index is 1.09. The van der Waals surface area contributed by atoms with Crippen LogP contribution in [0.1, 0.15) is 60.2 Å². The van der Waals surface area contributed by atoms with Crippen LogP contribution in [0, 0.1) is 11.8 Å². The van der Waals surface area contributed by atoms with Crippen molar-refractivity contribution in [1.82, 2.24) is 15.2 Å². The molecule has 3 aliphatic rings. The van der Waals surface area contributed by atoms with E-state index in [4.69, 9.17) is 0 Å². The first-order valence-corrected chi connectivity index (χ1v) is 13.8. The first-order valence-electron chi connectivity index (χ1n) is 13.8. The topological polar surface area (TPSA) is 65.5 Å². The summed E-state index contributed by atoms with van der Waals surface area (Å²) in [5.74, 6) is 1.57. The maximum atomic E-state index is 13.1. The molecule has 1 amide bonds. The van der Waals surface area contributed by atoms with Crippen molar-refractivity contribution < 1.29 is 9.90 Å². The molecule has 2 fully saturated rings. The van der Waals surface area contributed by atoms with E-state index >= 15 is 0 Å². The number of rotatable bonds is 7. The molecule has 2 N–H and O–H groups in total. The van der Waals surface area contributed by atoms with Gasteiger partial charge in [-0.05, 0) is 96.4 Å². The van der Waals surface area contributed by atoms with Crippen molar-refractivity contribution in [1.29, 1.82) is 0 Å². The van der Waals surface area contributed by atoms with E-state index in [1.54, 1.807) is 12.3 Å². The van der Waals surface area contributed by atoms with Crippen LogP contribution in [0.2, 0.25) is 0 Å². The fourth-order valence-corrected chi connectivity index (χ4v) is 6.55. The number of nitrogens with one attached hydrogen (secondary N) is 1. The lowest BCUT2D eigenvalue weighted by Crippen LogP contribution is -2.58. The average molecular weight is 496 g/mol. The van der Waals surface area contributed by atoms with Gasteiger partial charge in [-0.1, -0.05) is 44.2 Å². The molecule has 5 nitrogen and oxygen atoms in total. The fraction of sp³-hybridized carbons (Fsp3) is 0.438. The Hall–Kier alpha value is -3.18. The lowest BCUT2D eigenvalue weighted by molar-refractivity contribution is 0.0284. The van der Waals surface area contributed by atoms with Crippen molar-refractivity contribution in [3.63, 3.8) is 0 Å². The molecule has 1 saturated heterocycles. The molecule has 1 aliphatic heterocycles. The van der Waals surface area contributed by atoms with E-state index in [0.717, 1.165) is 35.4 Å². The van der Waals surface area contributed by atoms with Gasteiger partial charge in [-0.2, -0.15) is 0 Å². The van der Waals surface area contributed by atoms with Crippen LogP contribution in [0.3, 0.4) is 0 Å². The van der Waals surface area contributed by atoms with Gasteiger partial charge in [0.2, 0.25) is 5.88 Å². The number of benzene rings is 2. The quantitative estimate of drug-likeness (QED) is 0.463. The molecule has 1 aromatic heterocycles. The molecule has 2 aromatic carbocycles. The number of amides is 1. The number of piperidine rings is 1. The van der Waals surface area contributed by atoms with Crippen LogP contribution in [0.25, 0.3) is 11.1 Å². The summed E-state index contributed by atoms with van der Waals surface area (Å²) in [6.07, 6.45) is 7.54. The van der Waals surface area contributed by atoms with Crippen molar-refractivity contribution in [3.05, 3.63) is 83.0 Å². The van der Waals surface area contributed by atoms with Gasteiger partial charge < -0.3 is 10.4 Å². The molecule has 0 radical (unpaired) electrons. The minimum absolute atomic E-state index is 0.0131. The second-order valence-corrected chi connectivity index (χ2v) is 11.6. The zero-order chi connectivity index (χ0) is 25.6. The minimum Gasteiger partial charge on any atom is -0.493 e. The zero-order valence-electron chi connectivity index (χ0n) is 21.9. The van der Waals surface area contributed by atoms with E-state index in [-0.39, 0.29) is 17.2 Å². The summed E-state index contributed by atoms with van der Waals surface area (Å²) in [6.45, 7) is 7.92. The number of hydrogen-bond donors (Lipinski definition) is 2. The van der Waals surface area contributed by atoms with Crippen LogP contribution in [-0.2, 0) is 18.3 Å². The van der Waals surface area contributed by atoms with Crippen molar-refractivity contribution in [3.8, 4) is 17.0 Å². The summed E-state index contributed by atoms with van der Waals surface area (Å²) in [5, 5.41) is 12.5. The van der Waals surface area contributed by atoms with Gasteiger partial charge in [-0.3, -0.25) is 9.69 Å². The molecule has 37 heavy (non-hydrogen) atoms. The smallest absolute Gasteiger partial charge is 0.251 e. The molecule has 5 heteroatoms. The number of aromatic nitrogens is 1. The summed E-state index contributed by atoms with van der Waals surface area (Å²) < 4.78 is 0. The van der Waals surface area contributed by atoms with E-state index in [9.17, 15) is 9.90 Å². The number of hydrogen-bond acceptors (Lipinski definition) is 4. The van der Waals surface area contributed by atoms with Crippen molar-refractivity contribution in [2.75, 3.05) is 19.6 Å². The lowest BCUT2D eigenvalue weighted by Gasteiger charge is -2.55. The third kappa shape index (κ3) is 4.77. The van der Waals surface area contributed by atoms with Gasteiger partial charge in [0.15, 0.2) is 0 Å². The molecule has 2 aliphatic carbocycles. The van der Waals surface area contributed by atoms with Crippen molar-refractivity contribution in [2.24, 2.45) is 11.8 Å². The molecular formula is C32H37N3O2. The molecule has 2 heterocycles. The Morgan fingerprint density at radius 1 is 1.11 bits per heavy atom. The van der Waals surface area contributed by atoms with Crippen LogP contribution in [0.15, 0.2) is 60.8 Å². The van der Waals surface area contributed by atoms with Gasteiger partial charge in [0.05, 0.1) is 0 Å². The monoisotopic (exact) mass is 495 g/mol. The van der Waals surface area contributed by atoms with E-state index in [1.807, 2.05) is 12.1 Å². The Morgan fingerprint density at radius 2 is 1.89 bits per heavy atom. The predicted molar refractivity (Wildman–Crippen MR) is 147 cm³/mol. The molecule has 0 spiro atoms. The Bertz CT molecular complexity index is 1280. The standard InChI is InChI=1S/C32H37N3O2/c1-21-29-18-25-9-10-26(17-28(25)32(21,2)14-16-35(29)20-23-3-4-23)31(37)33-15-13-22-5-7-24(8-6-22)27-11-12-30(36)34-19-27/h5-12,17,19,21,23,29H,3-4,13-16,18,20H2,1-2H3,(H,33,37)(H,34,36)/t21-,29?,32+/m0/s1. The first kappa shape index (κ1) is 24.2. The number of carbonyl (C=O) groups is 1. The van der Waals surface area contributed by atoms with Gasteiger partial charge in [-0.25, -0.2) is 4.98 Å². The summed E-state index contributed by atoms with van der Waals surface area (Å²) in [5.41, 5.74) is 6.95. The summed E-state index contributed by atoms with van der Waals surface area (Å²) >= 11 is 0. The second kappa shape index (κ2) is 9.60. The normalized spacial score (nSPS) is 24.9. The second-order valence-electron chi connectivity index (χ2n) is 11.6. The largest absolute Gasteiger partial charge is 0.493 e. The highest BCUT2D eigenvalue weighted by molar-refractivity contribution is 5.94. The van der Waals surface area contributed by atoms with Gasteiger partial charge in [0, 0.05) is 42.5 Å². The van der Waals surface area contributed by atoms with Gasteiger partial charge >= 0.3 is 0 Å². The van der Waals surface area contributed by atoms with Crippen molar-refractivity contribution in [2.45, 2.75) is 57.4 Å². The zero-order valence-corrected chi connectivity index (χ0v) is 21.9. The highest BCUT2D eigenvalue weighted by Crippen LogP contribution is 2.49. The number of carbonyl (C=O) groups excluding carboxylic acids is 1. The Morgan fingerprint density at radius 3 is 2.62 bits per heavy atom. The summed E-state index contributed by atoms with van der Waals surface area (Å²) in [7, 11) is 0. The predicted octanol–water partition coefficient (Wildman–Crippen LogP) is 5.36. The Labute approximate surface area is 219 Å². The van der Waals surface area contributed by atoms with Gasteiger partial charge in [0.25, 0.3) is 5.91 Å². The van der Waals surface area contributed by atoms with Crippen LogP contribution >= 0.6 is 0 Å². The third-order valence-electron chi connectivity index (χ3n) is 9.31. The van der Waals surface area contributed by atoms with E-state index < -0.39 is 0 Å². The number of nitrogens with zero attached hydrogens (tertiary/aromatic N) is 2. The highest BCUT2D eigenvalue weighted by Gasteiger charge is 2.49. The van der Waals surface area contributed by atoms with Crippen LogP contribution in [0.5, 0.6) is 5.88 Å². The number of pyridine rings is 1.